The Morgan fingerprint density at radius 3 is 3.06 bits per heavy atom. The predicted octanol–water partition coefficient (Wildman–Crippen LogP) is 2.16. The molecule has 0 aliphatic heterocycles. The molecule has 0 amide bonds. The van der Waals surface area contributed by atoms with Gasteiger partial charge in [-0.05, 0) is 12.8 Å². The van der Waals surface area contributed by atoms with Crippen LogP contribution in [0.25, 0.3) is 4.96 Å². The lowest BCUT2D eigenvalue weighted by Gasteiger charge is -2.19. The van der Waals surface area contributed by atoms with Gasteiger partial charge in [0.2, 0.25) is 0 Å². The maximum absolute atomic E-state index is 9.07. The van der Waals surface area contributed by atoms with Crippen LogP contribution in [-0.4, -0.2) is 27.1 Å². The van der Waals surface area contributed by atoms with E-state index in [1.54, 1.807) is 11.3 Å². The highest BCUT2D eigenvalue weighted by Crippen LogP contribution is 2.21. The second-order valence-electron chi connectivity index (χ2n) is 4.23. The molecule has 2 atom stereocenters. The number of fused-ring (bicyclic) bond motifs is 1. The molecule has 0 radical (unpaired) electrons. The van der Waals surface area contributed by atoms with Gasteiger partial charge in [-0.25, -0.2) is 4.98 Å². The van der Waals surface area contributed by atoms with Crippen LogP contribution >= 0.6 is 22.9 Å². The van der Waals surface area contributed by atoms with Gasteiger partial charge in [0.15, 0.2) is 10.1 Å². The number of aliphatic hydroxyl groups excluding tert-OH is 1. The molecule has 0 spiro atoms. The molecule has 94 valence electrons. The Bertz CT molecular complexity index is 496. The van der Waals surface area contributed by atoms with Crippen LogP contribution in [0.5, 0.6) is 0 Å². The minimum Gasteiger partial charge on any atom is -0.396 e. The van der Waals surface area contributed by atoms with Gasteiger partial charge in [-0.1, -0.05) is 18.5 Å². The highest BCUT2D eigenvalue weighted by Gasteiger charge is 2.14. The van der Waals surface area contributed by atoms with Crippen LogP contribution in [0.1, 0.15) is 19.5 Å². The molecular formula is C11H16ClN3OS. The summed E-state index contributed by atoms with van der Waals surface area (Å²) in [7, 11) is 0. The number of aliphatic hydroxyl groups is 1. The molecule has 6 heteroatoms. The Morgan fingerprint density at radius 2 is 2.35 bits per heavy atom. The molecule has 4 nitrogen and oxygen atoms in total. The van der Waals surface area contributed by atoms with Gasteiger partial charge in [-0.2, -0.15) is 0 Å². The maximum Gasteiger partial charge on any atom is 0.195 e. The summed E-state index contributed by atoms with van der Waals surface area (Å²) in [5.41, 5.74) is 0.972. The summed E-state index contributed by atoms with van der Waals surface area (Å²) in [6.07, 6.45) is 1.97. The number of imidazole rings is 1. The van der Waals surface area contributed by atoms with Crippen molar-refractivity contribution < 1.29 is 5.11 Å². The van der Waals surface area contributed by atoms with Crippen LogP contribution in [0.2, 0.25) is 5.15 Å². The van der Waals surface area contributed by atoms with Crippen molar-refractivity contribution in [1.82, 2.24) is 14.7 Å². The van der Waals surface area contributed by atoms with Crippen LogP contribution in [0.4, 0.5) is 0 Å². The number of aromatic nitrogens is 2. The van der Waals surface area contributed by atoms with E-state index in [0.717, 1.165) is 10.7 Å². The zero-order chi connectivity index (χ0) is 12.4. The quantitative estimate of drug-likeness (QED) is 0.878. The fourth-order valence-electron chi connectivity index (χ4n) is 1.58. The highest BCUT2D eigenvalue weighted by molar-refractivity contribution is 7.15. The monoisotopic (exact) mass is 273 g/mol. The molecule has 2 rings (SSSR count). The molecular weight excluding hydrogens is 258 g/mol. The van der Waals surface area contributed by atoms with Gasteiger partial charge >= 0.3 is 0 Å². The summed E-state index contributed by atoms with van der Waals surface area (Å²) in [6, 6.07) is 0.236. The maximum atomic E-state index is 9.07. The average molecular weight is 274 g/mol. The lowest BCUT2D eigenvalue weighted by atomic mass is 10.1. The number of hydrogen-bond acceptors (Lipinski definition) is 4. The molecule has 17 heavy (non-hydrogen) atoms. The zero-order valence-electron chi connectivity index (χ0n) is 9.85. The SMILES string of the molecule is CC(CO)C(C)NCc1c(Cl)nc2sccn12. The standard InChI is InChI=1S/C11H16ClN3OS/c1-7(6-16)8(2)13-5-9-10(12)14-11-15(9)3-4-17-11/h3-4,7-8,13,16H,5-6H2,1-2H3. The van der Waals surface area contributed by atoms with Crippen molar-refractivity contribution in [2.45, 2.75) is 26.4 Å². The van der Waals surface area contributed by atoms with Crippen molar-refractivity contribution in [3.8, 4) is 0 Å². The molecule has 0 saturated carbocycles. The lowest BCUT2D eigenvalue weighted by Crippen LogP contribution is -2.33. The zero-order valence-corrected chi connectivity index (χ0v) is 11.4. The molecule has 2 heterocycles. The Morgan fingerprint density at radius 1 is 1.59 bits per heavy atom. The van der Waals surface area contributed by atoms with Gasteiger partial charge in [0.1, 0.15) is 0 Å². The third kappa shape index (κ3) is 2.63. The summed E-state index contributed by atoms with van der Waals surface area (Å²) >= 11 is 7.66. The van der Waals surface area contributed by atoms with E-state index < -0.39 is 0 Å². The molecule has 0 aliphatic rings. The number of nitrogens with one attached hydrogen (secondary N) is 1. The Balaban J connectivity index is 2.08. The molecule has 2 aromatic heterocycles. The summed E-state index contributed by atoms with van der Waals surface area (Å²) in [5.74, 6) is 0.222. The fraction of sp³-hybridized carbons (Fsp3) is 0.545. The number of nitrogens with zero attached hydrogens (tertiary/aromatic N) is 2. The smallest absolute Gasteiger partial charge is 0.195 e. The number of halogens is 1. The third-order valence-corrected chi connectivity index (χ3v) is 4.10. The van der Waals surface area contributed by atoms with Crippen molar-refractivity contribution in [2.75, 3.05) is 6.61 Å². The first-order chi connectivity index (χ1) is 8.13. The normalized spacial score (nSPS) is 15.3. The van der Waals surface area contributed by atoms with Gasteiger partial charge in [-0.3, -0.25) is 4.40 Å². The second kappa shape index (κ2) is 5.35. The van der Waals surface area contributed by atoms with Gasteiger partial charge in [0.25, 0.3) is 0 Å². The minimum atomic E-state index is 0.183. The van der Waals surface area contributed by atoms with Crippen molar-refractivity contribution in [3.05, 3.63) is 22.4 Å². The van der Waals surface area contributed by atoms with Crippen LogP contribution in [0, 0.1) is 5.92 Å². The first-order valence-corrected chi connectivity index (χ1v) is 6.83. The van der Waals surface area contributed by atoms with E-state index >= 15 is 0 Å². The summed E-state index contributed by atoms with van der Waals surface area (Å²) in [4.78, 5) is 5.19. The Kier molecular flexibility index (Phi) is 4.04. The average Bonchev–Trinajstić information content (AvgIpc) is 2.86. The number of rotatable bonds is 5. The van der Waals surface area contributed by atoms with Gasteiger partial charge in [0, 0.05) is 30.8 Å². The van der Waals surface area contributed by atoms with Gasteiger partial charge < -0.3 is 10.4 Å². The number of hydrogen-bond donors (Lipinski definition) is 2. The molecule has 0 aromatic carbocycles. The molecule has 2 N–H and O–H groups in total. The van der Waals surface area contributed by atoms with E-state index in [0.29, 0.717) is 11.7 Å². The van der Waals surface area contributed by atoms with E-state index in [4.69, 9.17) is 16.7 Å². The summed E-state index contributed by atoms with van der Waals surface area (Å²) in [5, 5.41) is 15.0. The topological polar surface area (TPSA) is 49.6 Å². The van der Waals surface area contributed by atoms with Gasteiger partial charge in [-0.15, -0.1) is 11.3 Å². The Labute approximate surface area is 109 Å². The molecule has 2 aromatic rings. The van der Waals surface area contributed by atoms with E-state index in [-0.39, 0.29) is 18.6 Å². The van der Waals surface area contributed by atoms with E-state index in [9.17, 15) is 0 Å². The highest BCUT2D eigenvalue weighted by atomic mass is 35.5. The lowest BCUT2D eigenvalue weighted by molar-refractivity contribution is 0.206. The molecule has 2 unspecified atom stereocenters. The van der Waals surface area contributed by atoms with Crippen molar-refractivity contribution >= 4 is 27.9 Å². The van der Waals surface area contributed by atoms with E-state index in [1.807, 2.05) is 22.9 Å². The summed E-state index contributed by atoms with van der Waals surface area (Å²) in [6.45, 7) is 4.90. The van der Waals surface area contributed by atoms with Crippen LogP contribution in [0.15, 0.2) is 11.6 Å². The fourth-order valence-corrected chi connectivity index (χ4v) is 2.60. The van der Waals surface area contributed by atoms with Crippen molar-refractivity contribution in [3.63, 3.8) is 0 Å². The molecule has 0 saturated heterocycles. The predicted molar refractivity (Wildman–Crippen MR) is 70.6 cm³/mol. The second-order valence-corrected chi connectivity index (χ2v) is 5.47. The van der Waals surface area contributed by atoms with E-state index in [2.05, 4.69) is 17.2 Å². The third-order valence-electron chi connectivity index (χ3n) is 3.05. The summed E-state index contributed by atoms with van der Waals surface area (Å²) < 4.78 is 2.00. The molecule has 0 aliphatic carbocycles. The van der Waals surface area contributed by atoms with Crippen LogP contribution < -0.4 is 5.32 Å². The molecule has 0 fully saturated rings. The Hall–Kier alpha value is -0.620. The first kappa shape index (κ1) is 12.8. The van der Waals surface area contributed by atoms with E-state index in [1.165, 1.54) is 0 Å². The van der Waals surface area contributed by atoms with Crippen molar-refractivity contribution in [1.29, 1.82) is 0 Å². The molecule has 0 bridgehead atoms. The van der Waals surface area contributed by atoms with Crippen molar-refractivity contribution in [2.24, 2.45) is 5.92 Å². The van der Waals surface area contributed by atoms with Crippen LogP contribution in [0.3, 0.4) is 0 Å². The van der Waals surface area contributed by atoms with Crippen LogP contribution in [-0.2, 0) is 6.54 Å². The first-order valence-electron chi connectivity index (χ1n) is 5.57. The largest absolute Gasteiger partial charge is 0.396 e. The van der Waals surface area contributed by atoms with Gasteiger partial charge in [0.05, 0.1) is 5.69 Å². The minimum absolute atomic E-state index is 0.183. The number of thiazole rings is 1.